The van der Waals surface area contributed by atoms with E-state index in [-0.39, 0.29) is 18.5 Å². The highest BCUT2D eigenvalue weighted by Crippen LogP contribution is 2.32. The van der Waals surface area contributed by atoms with Crippen molar-refractivity contribution in [3.8, 4) is 0 Å². The number of benzene rings is 2. The number of nitrogens with one attached hydrogen (secondary N) is 2. The first-order chi connectivity index (χ1) is 15.4. The van der Waals surface area contributed by atoms with E-state index in [1.165, 1.54) is 0 Å². The molecule has 168 valence electrons. The molecule has 32 heavy (non-hydrogen) atoms. The number of ether oxygens (including phenoxy) is 1. The summed E-state index contributed by atoms with van der Waals surface area (Å²) < 4.78 is 5.26. The van der Waals surface area contributed by atoms with Crippen molar-refractivity contribution < 1.29 is 19.1 Å². The van der Waals surface area contributed by atoms with Gasteiger partial charge in [0.15, 0.2) is 0 Å². The van der Waals surface area contributed by atoms with Crippen LogP contribution < -0.4 is 10.6 Å². The van der Waals surface area contributed by atoms with E-state index < -0.39 is 12.0 Å². The molecule has 3 rings (SSSR count). The molecule has 2 N–H and O–H groups in total. The number of carbonyl (C=O) groups is 3. The largest absolute Gasteiger partial charge is 0.463 e. The van der Waals surface area contributed by atoms with Crippen LogP contribution in [0.25, 0.3) is 0 Å². The van der Waals surface area contributed by atoms with Crippen LogP contribution in [0.3, 0.4) is 0 Å². The van der Waals surface area contributed by atoms with Gasteiger partial charge in [0.1, 0.15) is 0 Å². The van der Waals surface area contributed by atoms with Crippen LogP contribution in [-0.2, 0) is 9.53 Å². The lowest BCUT2D eigenvalue weighted by Crippen LogP contribution is -2.48. The molecular formula is C24H26ClN3O4. The summed E-state index contributed by atoms with van der Waals surface area (Å²) in [6.07, 6.45) is 0.755. The molecule has 1 aliphatic heterocycles. The Morgan fingerprint density at radius 1 is 1.12 bits per heavy atom. The third-order valence-corrected chi connectivity index (χ3v) is 5.49. The van der Waals surface area contributed by atoms with E-state index in [2.05, 4.69) is 10.6 Å². The van der Waals surface area contributed by atoms with Gasteiger partial charge in [0, 0.05) is 17.9 Å². The number of anilines is 1. The minimum atomic E-state index is -0.650. The van der Waals surface area contributed by atoms with Crippen molar-refractivity contribution in [3.63, 3.8) is 0 Å². The monoisotopic (exact) mass is 455 g/mol. The molecule has 0 bridgehead atoms. The predicted octanol–water partition coefficient (Wildman–Crippen LogP) is 4.91. The molecule has 1 unspecified atom stereocenters. The van der Waals surface area contributed by atoms with Crippen molar-refractivity contribution in [1.82, 2.24) is 10.2 Å². The smallest absolute Gasteiger partial charge is 0.338 e. The number of halogens is 1. The van der Waals surface area contributed by atoms with Crippen molar-refractivity contribution >= 4 is 35.2 Å². The Kier molecular flexibility index (Phi) is 7.53. The Morgan fingerprint density at radius 3 is 2.44 bits per heavy atom. The molecule has 2 aromatic carbocycles. The molecule has 2 aromatic rings. The van der Waals surface area contributed by atoms with E-state index in [9.17, 15) is 14.4 Å². The highest BCUT2D eigenvalue weighted by atomic mass is 35.5. The zero-order chi connectivity index (χ0) is 23.3. The number of hydrogen-bond acceptors (Lipinski definition) is 4. The number of urea groups is 1. The lowest BCUT2D eigenvalue weighted by Gasteiger charge is -2.35. The summed E-state index contributed by atoms with van der Waals surface area (Å²) in [5, 5.41) is 6.07. The van der Waals surface area contributed by atoms with E-state index >= 15 is 0 Å². The number of amides is 3. The fourth-order valence-corrected chi connectivity index (χ4v) is 3.82. The Hall–Kier alpha value is -3.32. The molecule has 0 aliphatic carbocycles. The maximum Gasteiger partial charge on any atom is 0.338 e. The van der Waals surface area contributed by atoms with Gasteiger partial charge in [-0.05, 0) is 50.1 Å². The van der Waals surface area contributed by atoms with Crippen LogP contribution in [-0.4, -0.2) is 36.0 Å². The Morgan fingerprint density at radius 2 is 1.81 bits per heavy atom. The Balaban J connectivity index is 1.87. The fourth-order valence-electron chi connectivity index (χ4n) is 3.60. The van der Waals surface area contributed by atoms with Gasteiger partial charge in [0.2, 0.25) is 0 Å². The van der Waals surface area contributed by atoms with Gasteiger partial charge in [-0.2, -0.15) is 0 Å². The van der Waals surface area contributed by atoms with Crippen LogP contribution in [0.1, 0.15) is 49.2 Å². The summed E-state index contributed by atoms with van der Waals surface area (Å²) in [5.74, 6) is -0.792. The van der Waals surface area contributed by atoms with Gasteiger partial charge in [-0.15, -0.1) is 0 Å². The minimum Gasteiger partial charge on any atom is -0.463 e. The molecule has 0 saturated carbocycles. The quantitative estimate of drug-likeness (QED) is 0.581. The second kappa shape index (κ2) is 10.3. The topological polar surface area (TPSA) is 87.7 Å². The molecule has 7 nitrogen and oxygen atoms in total. The molecule has 0 aromatic heterocycles. The number of hydrogen-bond donors (Lipinski definition) is 2. The molecule has 0 saturated heterocycles. The fraction of sp³-hybridized carbons (Fsp3) is 0.292. The zero-order valence-corrected chi connectivity index (χ0v) is 19.0. The van der Waals surface area contributed by atoms with Gasteiger partial charge >= 0.3 is 12.0 Å². The summed E-state index contributed by atoms with van der Waals surface area (Å²) in [5.41, 5.74) is 2.61. The Labute approximate surface area is 192 Å². The second-order valence-corrected chi connectivity index (χ2v) is 7.72. The molecule has 1 aliphatic rings. The third-order valence-electron chi connectivity index (χ3n) is 5.16. The van der Waals surface area contributed by atoms with E-state index in [1.807, 2.05) is 6.92 Å². The average molecular weight is 456 g/mol. The first-order valence-electron chi connectivity index (χ1n) is 10.5. The van der Waals surface area contributed by atoms with Gasteiger partial charge < -0.3 is 15.4 Å². The van der Waals surface area contributed by atoms with Crippen LogP contribution >= 0.6 is 11.6 Å². The Bertz CT molecular complexity index is 1050. The maximum atomic E-state index is 12.7. The molecular weight excluding hydrogens is 430 g/mol. The third kappa shape index (κ3) is 4.94. The molecule has 1 heterocycles. The highest BCUT2D eigenvalue weighted by molar-refractivity contribution is 6.34. The summed E-state index contributed by atoms with van der Waals surface area (Å²) >= 11 is 6.09. The molecule has 0 spiro atoms. The van der Waals surface area contributed by atoms with E-state index in [1.54, 1.807) is 67.3 Å². The molecule has 3 amide bonds. The van der Waals surface area contributed by atoms with Crippen molar-refractivity contribution in [1.29, 1.82) is 0 Å². The number of carbonyl (C=O) groups excluding carboxylic acids is 3. The summed E-state index contributed by atoms with van der Waals surface area (Å²) in [6.45, 7) is 6.19. The number of rotatable bonds is 7. The van der Waals surface area contributed by atoms with E-state index in [4.69, 9.17) is 16.3 Å². The maximum absolute atomic E-state index is 12.7. The van der Waals surface area contributed by atoms with Crippen LogP contribution in [0.4, 0.5) is 10.5 Å². The highest BCUT2D eigenvalue weighted by Gasteiger charge is 2.36. The molecule has 1 atom stereocenters. The van der Waals surface area contributed by atoms with Crippen molar-refractivity contribution in [2.45, 2.75) is 33.2 Å². The molecule has 0 fully saturated rings. The average Bonchev–Trinajstić information content (AvgIpc) is 2.77. The van der Waals surface area contributed by atoms with Crippen LogP contribution in [0, 0.1) is 0 Å². The standard InChI is InChI=1S/C24H26ClN3O4/c1-4-14-28-15(3)20(23(30)32-5-2)21(27-24(28)31)16-10-12-17(13-11-16)26-22(29)18-8-6-7-9-19(18)25/h6-13,21H,4-5,14H2,1-3H3,(H,26,29)(H,27,31). The molecule has 8 heteroatoms. The second-order valence-electron chi connectivity index (χ2n) is 7.31. The number of nitrogens with zero attached hydrogens (tertiary/aromatic N) is 1. The van der Waals surface area contributed by atoms with Gasteiger partial charge in [-0.1, -0.05) is 42.8 Å². The van der Waals surface area contributed by atoms with Crippen molar-refractivity contribution in [2.24, 2.45) is 0 Å². The first-order valence-corrected chi connectivity index (χ1v) is 10.9. The number of esters is 1. The van der Waals surface area contributed by atoms with Crippen LogP contribution in [0.15, 0.2) is 59.8 Å². The van der Waals surface area contributed by atoms with Crippen molar-refractivity contribution in [3.05, 3.63) is 76.0 Å². The SMILES string of the molecule is CCCN1C(=O)NC(c2ccc(NC(=O)c3ccccc3Cl)cc2)C(C(=O)OCC)=C1C. The first kappa shape index (κ1) is 23.3. The lowest BCUT2D eigenvalue weighted by atomic mass is 9.94. The van der Waals surface area contributed by atoms with Gasteiger partial charge in [-0.25, -0.2) is 9.59 Å². The van der Waals surface area contributed by atoms with E-state index in [0.717, 1.165) is 6.42 Å². The van der Waals surface area contributed by atoms with Gasteiger partial charge in [0.25, 0.3) is 5.91 Å². The van der Waals surface area contributed by atoms with Gasteiger partial charge in [0.05, 0.1) is 28.8 Å². The van der Waals surface area contributed by atoms with Crippen LogP contribution in [0.5, 0.6) is 0 Å². The zero-order valence-electron chi connectivity index (χ0n) is 18.3. The summed E-state index contributed by atoms with van der Waals surface area (Å²) in [7, 11) is 0. The normalized spacial score (nSPS) is 15.9. The summed E-state index contributed by atoms with van der Waals surface area (Å²) in [4.78, 5) is 39.4. The lowest BCUT2D eigenvalue weighted by molar-refractivity contribution is -0.139. The van der Waals surface area contributed by atoms with Gasteiger partial charge in [-0.3, -0.25) is 9.69 Å². The minimum absolute atomic E-state index is 0.233. The van der Waals surface area contributed by atoms with Crippen LogP contribution in [0.2, 0.25) is 5.02 Å². The summed E-state index contributed by atoms with van der Waals surface area (Å²) in [6, 6.07) is 12.8. The predicted molar refractivity (Wildman–Crippen MR) is 123 cm³/mol. The molecule has 0 radical (unpaired) electrons. The number of allylic oxidation sites excluding steroid dienone is 1. The van der Waals surface area contributed by atoms with E-state index in [0.29, 0.717) is 39.7 Å². The van der Waals surface area contributed by atoms with Crippen molar-refractivity contribution in [2.75, 3.05) is 18.5 Å².